The molecule has 0 bridgehead atoms. The summed E-state index contributed by atoms with van der Waals surface area (Å²) in [5.41, 5.74) is -0.314. The molecule has 5 rings (SSSR count). The van der Waals surface area contributed by atoms with Crippen LogP contribution in [-0.4, -0.2) is 65.4 Å². The van der Waals surface area contributed by atoms with Gasteiger partial charge in [0, 0.05) is 44.5 Å². The van der Waals surface area contributed by atoms with Crippen molar-refractivity contribution in [3.63, 3.8) is 0 Å². The minimum atomic E-state index is -0.308. The summed E-state index contributed by atoms with van der Waals surface area (Å²) in [4.78, 5) is 28.9. The number of fused-ring (bicyclic) bond motifs is 1. The van der Waals surface area contributed by atoms with Gasteiger partial charge in [0.2, 0.25) is 11.9 Å². The van der Waals surface area contributed by atoms with Gasteiger partial charge in [-0.1, -0.05) is 0 Å². The Morgan fingerprint density at radius 3 is 2.50 bits per heavy atom. The number of aromatic nitrogens is 2. The van der Waals surface area contributed by atoms with Crippen molar-refractivity contribution in [1.29, 1.82) is 0 Å². The Bertz CT molecular complexity index is 832. The van der Waals surface area contributed by atoms with E-state index in [9.17, 15) is 4.79 Å². The molecule has 0 aliphatic carbocycles. The Balaban J connectivity index is 1.40. The first-order valence-electron chi connectivity index (χ1n) is 10.1. The summed E-state index contributed by atoms with van der Waals surface area (Å²) in [5, 5.41) is 0. The third-order valence-electron chi connectivity index (χ3n) is 7.21. The third kappa shape index (κ3) is 2.64. The average molecular weight is 381 g/mol. The number of carbonyl (C=O) groups is 1. The maximum atomic E-state index is 13.3. The maximum absolute atomic E-state index is 13.3. The molecule has 1 amide bonds. The molecule has 1 atom stereocenters. The molecule has 0 unspecified atom stereocenters. The van der Waals surface area contributed by atoms with E-state index >= 15 is 0 Å². The van der Waals surface area contributed by atoms with Gasteiger partial charge in [-0.3, -0.25) is 9.69 Å². The van der Waals surface area contributed by atoms with Crippen LogP contribution in [0.5, 0.6) is 0 Å². The molecule has 7 heteroatoms. The predicted octanol–water partition coefficient (Wildman–Crippen LogP) is 2.02. The molecule has 28 heavy (non-hydrogen) atoms. The number of nitrogens with zero attached hydrogens (tertiary/aromatic N) is 5. The number of hydrogen-bond acceptors (Lipinski definition) is 6. The lowest BCUT2D eigenvalue weighted by atomic mass is 9.60. The van der Waals surface area contributed by atoms with Crippen LogP contribution in [0, 0.1) is 10.8 Å². The molecule has 3 aliphatic rings. The van der Waals surface area contributed by atoms with E-state index in [2.05, 4.69) is 19.8 Å². The van der Waals surface area contributed by atoms with Crippen LogP contribution in [0.2, 0.25) is 0 Å². The summed E-state index contributed by atoms with van der Waals surface area (Å²) in [7, 11) is 1.94. The molecule has 2 aromatic rings. The van der Waals surface area contributed by atoms with E-state index in [-0.39, 0.29) is 10.8 Å². The molecule has 5 heterocycles. The van der Waals surface area contributed by atoms with E-state index in [1.165, 1.54) is 0 Å². The van der Waals surface area contributed by atoms with Crippen molar-refractivity contribution in [3.8, 4) is 0 Å². The number of piperidine rings is 1. The highest BCUT2D eigenvalue weighted by molar-refractivity contribution is 5.87. The maximum Gasteiger partial charge on any atom is 0.231 e. The number of carbonyl (C=O) groups excluding carboxylic acids is 1. The molecule has 3 fully saturated rings. The number of furan rings is 1. The van der Waals surface area contributed by atoms with Gasteiger partial charge in [-0.2, -0.15) is 0 Å². The van der Waals surface area contributed by atoms with Crippen molar-refractivity contribution < 1.29 is 9.21 Å². The summed E-state index contributed by atoms with van der Waals surface area (Å²) in [6.07, 6.45) is 8.29. The standard InChI is InChI=1S/C21H27N5O2/c1-24-10-7-21(18(24)27)16-26(19-22-8-3-9-23-19)15-20(21)5-11-25(12-6-20)14-17-4-2-13-28-17/h2-4,8-9,13H,5-7,10-12,14-16H2,1H3/t21-/m0/s1. The van der Waals surface area contributed by atoms with Crippen LogP contribution in [0.4, 0.5) is 5.95 Å². The Morgan fingerprint density at radius 2 is 1.86 bits per heavy atom. The van der Waals surface area contributed by atoms with Crippen molar-refractivity contribution in [2.24, 2.45) is 10.8 Å². The molecule has 0 saturated carbocycles. The molecule has 0 aromatic carbocycles. The third-order valence-corrected chi connectivity index (χ3v) is 7.21. The van der Waals surface area contributed by atoms with Crippen molar-refractivity contribution in [2.45, 2.75) is 25.8 Å². The van der Waals surface area contributed by atoms with Gasteiger partial charge in [-0.25, -0.2) is 9.97 Å². The van der Waals surface area contributed by atoms with Gasteiger partial charge >= 0.3 is 0 Å². The Kier molecular flexibility index (Phi) is 4.16. The molecule has 3 saturated heterocycles. The molecule has 0 radical (unpaired) electrons. The molecule has 148 valence electrons. The smallest absolute Gasteiger partial charge is 0.231 e. The molecular weight excluding hydrogens is 354 g/mol. The van der Waals surface area contributed by atoms with Gasteiger partial charge in [-0.05, 0) is 50.6 Å². The zero-order chi connectivity index (χ0) is 19.2. The van der Waals surface area contributed by atoms with Crippen molar-refractivity contribution in [1.82, 2.24) is 19.8 Å². The Morgan fingerprint density at radius 1 is 1.07 bits per heavy atom. The molecule has 2 aromatic heterocycles. The highest BCUT2D eigenvalue weighted by Crippen LogP contribution is 2.58. The van der Waals surface area contributed by atoms with Crippen molar-refractivity contribution in [2.75, 3.05) is 44.7 Å². The summed E-state index contributed by atoms with van der Waals surface area (Å²) in [6.45, 7) is 5.27. The van der Waals surface area contributed by atoms with Crippen molar-refractivity contribution >= 4 is 11.9 Å². The fourth-order valence-corrected chi connectivity index (χ4v) is 5.63. The first kappa shape index (κ1) is 17.7. The van der Waals surface area contributed by atoms with Crippen LogP contribution in [0.1, 0.15) is 25.0 Å². The Labute approximate surface area is 165 Å². The minimum Gasteiger partial charge on any atom is -0.468 e. The molecule has 3 aliphatic heterocycles. The first-order valence-corrected chi connectivity index (χ1v) is 10.1. The van der Waals surface area contributed by atoms with E-state index in [1.54, 1.807) is 18.7 Å². The lowest BCUT2D eigenvalue weighted by Gasteiger charge is -2.46. The predicted molar refractivity (Wildman–Crippen MR) is 105 cm³/mol. The van der Waals surface area contributed by atoms with Gasteiger partial charge in [0.25, 0.3) is 0 Å². The summed E-state index contributed by atoms with van der Waals surface area (Å²) in [5.74, 6) is 2.07. The SMILES string of the molecule is CN1CC[C@]2(CN(c3ncccn3)CC23CCN(Cc2ccco2)CC3)C1=O. The van der Waals surface area contributed by atoms with Gasteiger partial charge in [0.05, 0.1) is 18.2 Å². The minimum absolute atomic E-state index is 0.00624. The van der Waals surface area contributed by atoms with E-state index in [4.69, 9.17) is 4.42 Å². The van der Waals surface area contributed by atoms with Gasteiger partial charge in [0.1, 0.15) is 5.76 Å². The van der Waals surface area contributed by atoms with E-state index in [1.807, 2.05) is 30.1 Å². The van der Waals surface area contributed by atoms with Crippen LogP contribution in [0.15, 0.2) is 41.3 Å². The van der Waals surface area contributed by atoms with Crippen LogP contribution in [0.25, 0.3) is 0 Å². The van der Waals surface area contributed by atoms with E-state index in [0.717, 1.165) is 70.2 Å². The molecule has 7 nitrogen and oxygen atoms in total. The second-order valence-corrected chi connectivity index (χ2v) is 8.60. The zero-order valence-electron chi connectivity index (χ0n) is 16.4. The van der Waals surface area contributed by atoms with Crippen LogP contribution in [0.3, 0.4) is 0 Å². The van der Waals surface area contributed by atoms with Gasteiger partial charge in [-0.15, -0.1) is 0 Å². The van der Waals surface area contributed by atoms with Gasteiger partial charge < -0.3 is 14.2 Å². The number of likely N-dealkylation sites (tertiary alicyclic amines) is 2. The number of rotatable bonds is 3. The fourth-order valence-electron chi connectivity index (χ4n) is 5.63. The van der Waals surface area contributed by atoms with Gasteiger partial charge in [0.15, 0.2) is 0 Å². The largest absolute Gasteiger partial charge is 0.468 e. The normalized spacial score (nSPS) is 27.4. The first-order chi connectivity index (χ1) is 13.6. The number of anilines is 1. The van der Waals surface area contributed by atoms with Crippen molar-refractivity contribution in [3.05, 3.63) is 42.6 Å². The summed E-state index contributed by atoms with van der Waals surface area (Å²) < 4.78 is 5.53. The summed E-state index contributed by atoms with van der Waals surface area (Å²) in [6, 6.07) is 5.82. The highest BCUT2D eigenvalue weighted by Gasteiger charge is 2.65. The van der Waals surface area contributed by atoms with E-state index in [0.29, 0.717) is 5.91 Å². The van der Waals surface area contributed by atoms with Crippen LogP contribution >= 0.6 is 0 Å². The lowest BCUT2D eigenvalue weighted by molar-refractivity contribution is -0.141. The quantitative estimate of drug-likeness (QED) is 0.810. The second kappa shape index (κ2) is 6.58. The van der Waals surface area contributed by atoms with Crippen LogP contribution in [-0.2, 0) is 11.3 Å². The number of amides is 1. The Hall–Kier alpha value is -2.41. The molecular formula is C21H27N5O2. The second-order valence-electron chi connectivity index (χ2n) is 8.60. The highest BCUT2D eigenvalue weighted by atomic mass is 16.3. The topological polar surface area (TPSA) is 65.7 Å². The molecule has 2 spiro atoms. The van der Waals surface area contributed by atoms with Crippen LogP contribution < -0.4 is 4.90 Å². The summed E-state index contributed by atoms with van der Waals surface area (Å²) >= 11 is 0. The molecule has 0 N–H and O–H groups in total. The monoisotopic (exact) mass is 381 g/mol. The average Bonchev–Trinajstić information content (AvgIpc) is 3.42. The lowest BCUT2D eigenvalue weighted by Crippen LogP contribution is -2.52. The number of hydrogen-bond donors (Lipinski definition) is 0. The van der Waals surface area contributed by atoms with E-state index < -0.39 is 0 Å². The fraction of sp³-hybridized carbons (Fsp3) is 0.571. The zero-order valence-corrected chi connectivity index (χ0v) is 16.4.